The number of nitrogens with one attached hydrogen (secondary N) is 1. The number of hydrogen-bond acceptors (Lipinski definition) is 2. The van der Waals surface area contributed by atoms with E-state index in [1.807, 2.05) is 6.07 Å². The van der Waals surface area contributed by atoms with Crippen molar-refractivity contribution in [2.45, 2.75) is 76.1 Å². The van der Waals surface area contributed by atoms with Gasteiger partial charge in [-0.1, -0.05) is 25.1 Å². The third-order valence-corrected chi connectivity index (χ3v) is 6.10. The van der Waals surface area contributed by atoms with Gasteiger partial charge in [0.05, 0.1) is 11.2 Å². The molecule has 1 aliphatic heterocycles. The van der Waals surface area contributed by atoms with Crippen molar-refractivity contribution in [1.29, 1.82) is 0 Å². The van der Waals surface area contributed by atoms with E-state index in [4.69, 9.17) is 4.74 Å². The van der Waals surface area contributed by atoms with Gasteiger partial charge < -0.3 is 10.1 Å². The molecule has 0 unspecified atom stereocenters. The van der Waals surface area contributed by atoms with Crippen LogP contribution < -0.4 is 5.32 Å². The maximum absolute atomic E-state index is 13.1. The molecule has 0 bridgehead atoms. The minimum Gasteiger partial charge on any atom is -0.375 e. The van der Waals surface area contributed by atoms with E-state index in [0.29, 0.717) is 12.0 Å². The van der Waals surface area contributed by atoms with Gasteiger partial charge in [-0.25, -0.2) is 0 Å². The van der Waals surface area contributed by atoms with Crippen molar-refractivity contribution in [3.8, 4) is 0 Å². The minimum absolute atomic E-state index is 0.100. The zero-order valence-corrected chi connectivity index (χ0v) is 16.0. The minimum atomic E-state index is -4.29. The van der Waals surface area contributed by atoms with E-state index in [0.717, 1.165) is 50.8 Å². The number of hydrogen-bond donors (Lipinski definition) is 1. The Bertz CT molecular complexity index is 624. The third kappa shape index (κ3) is 4.61. The molecule has 2 fully saturated rings. The lowest BCUT2D eigenvalue weighted by Gasteiger charge is -2.37. The Morgan fingerprint density at radius 1 is 1.15 bits per heavy atom. The summed E-state index contributed by atoms with van der Waals surface area (Å²) in [6.07, 6.45) is 0.751. The first kappa shape index (κ1) is 19.7. The summed E-state index contributed by atoms with van der Waals surface area (Å²) in [5.74, 6) is 0.485. The second kappa shape index (κ2) is 7.16. The summed E-state index contributed by atoms with van der Waals surface area (Å²) < 4.78 is 45.1. The summed E-state index contributed by atoms with van der Waals surface area (Å²) in [7, 11) is 0. The summed E-state index contributed by atoms with van der Waals surface area (Å²) in [6, 6.07) is 6.36. The highest BCUT2D eigenvalue weighted by Gasteiger charge is 2.43. The molecule has 0 amide bonds. The fraction of sp³-hybridized carbons (Fsp3) is 0.714. The molecule has 5 heteroatoms. The van der Waals surface area contributed by atoms with Crippen LogP contribution in [-0.4, -0.2) is 24.8 Å². The smallest absolute Gasteiger partial charge is 0.375 e. The van der Waals surface area contributed by atoms with E-state index in [2.05, 4.69) is 26.1 Å². The van der Waals surface area contributed by atoms with Gasteiger partial charge in [0.15, 0.2) is 0 Å². The van der Waals surface area contributed by atoms with Crippen molar-refractivity contribution in [3.63, 3.8) is 0 Å². The van der Waals surface area contributed by atoms with Crippen molar-refractivity contribution in [2.24, 2.45) is 5.92 Å². The molecule has 2 atom stereocenters. The van der Waals surface area contributed by atoms with Crippen LogP contribution >= 0.6 is 0 Å². The van der Waals surface area contributed by atoms with E-state index in [9.17, 15) is 13.2 Å². The first-order valence-electron chi connectivity index (χ1n) is 9.65. The maximum Gasteiger partial charge on any atom is 0.416 e. The average molecular weight is 369 g/mol. The van der Waals surface area contributed by atoms with Gasteiger partial charge in [0.25, 0.3) is 0 Å². The SMILES string of the molecule is CC1(C)C[C@@H](NCC[C@](C)(c2cccc(C(F)(F)F)c2)C2CC2)CCO1. The molecule has 2 nitrogen and oxygen atoms in total. The quantitative estimate of drug-likeness (QED) is 0.734. The lowest BCUT2D eigenvalue weighted by Crippen LogP contribution is -2.45. The predicted octanol–water partition coefficient (Wildman–Crippen LogP) is 5.31. The van der Waals surface area contributed by atoms with E-state index in [1.165, 1.54) is 12.1 Å². The zero-order chi connectivity index (χ0) is 19.0. The van der Waals surface area contributed by atoms with Crippen LogP contribution in [-0.2, 0) is 16.3 Å². The zero-order valence-electron chi connectivity index (χ0n) is 16.0. The van der Waals surface area contributed by atoms with Gasteiger partial charge in [0, 0.05) is 12.6 Å². The lowest BCUT2D eigenvalue weighted by atomic mass is 9.74. The normalized spacial score (nSPS) is 25.7. The summed E-state index contributed by atoms with van der Waals surface area (Å²) in [4.78, 5) is 0. The van der Waals surface area contributed by atoms with Gasteiger partial charge in [-0.2, -0.15) is 13.2 Å². The molecule has 1 aliphatic carbocycles. The molecule has 1 heterocycles. The molecule has 1 saturated heterocycles. The van der Waals surface area contributed by atoms with Crippen LogP contribution in [0.3, 0.4) is 0 Å². The summed E-state index contributed by atoms with van der Waals surface area (Å²) in [5, 5.41) is 3.63. The van der Waals surface area contributed by atoms with Gasteiger partial charge in [-0.3, -0.25) is 0 Å². The fourth-order valence-corrected chi connectivity index (χ4v) is 4.30. The van der Waals surface area contributed by atoms with Crippen molar-refractivity contribution < 1.29 is 17.9 Å². The van der Waals surface area contributed by atoms with Gasteiger partial charge >= 0.3 is 6.18 Å². The Balaban J connectivity index is 1.67. The third-order valence-electron chi connectivity index (χ3n) is 6.10. The molecule has 1 aromatic carbocycles. The van der Waals surface area contributed by atoms with E-state index < -0.39 is 11.7 Å². The van der Waals surface area contributed by atoms with Crippen LogP contribution in [0.1, 0.15) is 64.0 Å². The molecule has 3 rings (SSSR count). The molecule has 26 heavy (non-hydrogen) atoms. The molecule has 0 radical (unpaired) electrons. The summed E-state index contributed by atoms with van der Waals surface area (Å²) in [6.45, 7) is 7.94. The number of benzene rings is 1. The highest BCUT2D eigenvalue weighted by atomic mass is 19.4. The van der Waals surface area contributed by atoms with E-state index in [-0.39, 0.29) is 11.0 Å². The fourth-order valence-electron chi connectivity index (χ4n) is 4.30. The van der Waals surface area contributed by atoms with Gasteiger partial charge in [-0.15, -0.1) is 0 Å². The van der Waals surface area contributed by atoms with Crippen LogP contribution in [0, 0.1) is 5.92 Å². The Hall–Kier alpha value is -1.07. The molecular formula is C21H30F3NO. The Kier molecular flexibility index (Phi) is 5.42. The van der Waals surface area contributed by atoms with Crippen molar-refractivity contribution in [1.82, 2.24) is 5.32 Å². The number of ether oxygens (including phenoxy) is 1. The van der Waals surface area contributed by atoms with Crippen LogP contribution in [0.5, 0.6) is 0 Å². The molecule has 2 aliphatic rings. The first-order valence-corrected chi connectivity index (χ1v) is 9.65. The van der Waals surface area contributed by atoms with Crippen molar-refractivity contribution in [2.75, 3.05) is 13.2 Å². The second-order valence-corrected chi connectivity index (χ2v) is 8.77. The van der Waals surface area contributed by atoms with Crippen LogP contribution in [0.25, 0.3) is 0 Å². The van der Waals surface area contributed by atoms with E-state index >= 15 is 0 Å². The molecule has 1 aromatic rings. The number of rotatable bonds is 6. The van der Waals surface area contributed by atoms with Gasteiger partial charge in [0.1, 0.15) is 0 Å². The topological polar surface area (TPSA) is 21.3 Å². The largest absolute Gasteiger partial charge is 0.416 e. The Labute approximate surface area is 154 Å². The lowest BCUT2D eigenvalue weighted by molar-refractivity contribution is -0.137. The Morgan fingerprint density at radius 3 is 2.46 bits per heavy atom. The number of alkyl halides is 3. The summed E-state index contributed by atoms with van der Waals surface area (Å²) >= 11 is 0. The summed E-state index contributed by atoms with van der Waals surface area (Å²) in [5.41, 5.74) is -0.0175. The van der Waals surface area contributed by atoms with Crippen molar-refractivity contribution >= 4 is 0 Å². The standard InChI is InChI=1S/C21H30F3NO/c1-19(2)14-18(9-12-26-19)25-11-10-20(3,15-7-8-15)16-5-4-6-17(13-16)21(22,23)24/h4-6,13,15,18,25H,7-12,14H2,1-3H3/t18-,20-/m0/s1. The Morgan fingerprint density at radius 2 is 1.85 bits per heavy atom. The first-order chi connectivity index (χ1) is 12.1. The average Bonchev–Trinajstić information content (AvgIpc) is 3.38. The predicted molar refractivity (Wildman–Crippen MR) is 97.2 cm³/mol. The number of halogens is 3. The van der Waals surface area contributed by atoms with Crippen LogP contribution in [0.15, 0.2) is 24.3 Å². The van der Waals surface area contributed by atoms with Crippen molar-refractivity contribution in [3.05, 3.63) is 35.4 Å². The molecule has 0 aromatic heterocycles. The second-order valence-electron chi connectivity index (χ2n) is 8.77. The van der Waals surface area contributed by atoms with Gasteiger partial charge in [-0.05, 0) is 75.5 Å². The molecule has 1 saturated carbocycles. The van der Waals surface area contributed by atoms with E-state index in [1.54, 1.807) is 6.07 Å². The molecular weight excluding hydrogens is 339 g/mol. The monoisotopic (exact) mass is 369 g/mol. The van der Waals surface area contributed by atoms with Gasteiger partial charge in [0.2, 0.25) is 0 Å². The molecule has 1 N–H and O–H groups in total. The maximum atomic E-state index is 13.1. The molecule has 0 spiro atoms. The van der Waals surface area contributed by atoms with Crippen LogP contribution in [0.2, 0.25) is 0 Å². The highest BCUT2D eigenvalue weighted by Crippen LogP contribution is 2.49. The highest BCUT2D eigenvalue weighted by molar-refractivity contribution is 5.33. The van der Waals surface area contributed by atoms with Crippen LogP contribution in [0.4, 0.5) is 13.2 Å². The molecule has 146 valence electrons.